The van der Waals surface area contributed by atoms with E-state index in [-0.39, 0.29) is 5.91 Å². The molecule has 1 aliphatic rings. The van der Waals surface area contributed by atoms with Gasteiger partial charge in [-0.05, 0) is 37.3 Å². The Morgan fingerprint density at radius 1 is 1.25 bits per heavy atom. The molecule has 0 bridgehead atoms. The van der Waals surface area contributed by atoms with Gasteiger partial charge in [-0.1, -0.05) is 39.2 Å². The van der Waals surface area contributed by atoms with Crippen LogP contribution in [0.3, 0.4) is 0 Å². The Bertz CT molecular complexity index is 697. The molecule has 1 amide bonds. The Labute approximate surface area is 143 Å². The molecule has 0 atom stereocenters. The van der Waals surface area contributed by atoms with E-state index in [1.54, 1.807) is 12.3 Å². The maximum Gasteiger partial charge on any atom is 0.275 e. The molecule has 1 aliphatic carbocycles. The fraction of sp³-hybridized carbons (Fsp3) is 0.526. The average Bonchev–Trinajstić information content (AvgIpc) is 2.96. The number of nitrogens with zero attached hydrogens (tertiary/aromatic N) is 3. The number of carbonyl (C=O) groups is 1. The van der Waals surface area contributed by atoms with Crippen molar-refractivity contribution in [1.82, 2.24) is 14.8 Å². The van der Waals surface area contributed by atoms with Crippen molar-refractivity contribution in [2.75, 3.05) is 5.32 Å². The van der Waals surface area contributed by atoms with Crippen LogP contribution in [-0.2, 0) is 0 Å². The summed E-state index contributed by atoms with van der Waals surface area (Å²) in [6.07, 6.45) is 10.0. The first-order valence-electron chi connectivity index (χ1n) is 8.87. The number of hydrogen-bond donors (Lipinski definition) is 1. The molecule has 0 radical (unpaired) electrons. The Morgan fingerprint density at radius 2 is 2.00 bits per heavy atom. The summed E-state index contributed by atoms with van der Waals surface area (Å²) in [6.45, 7) is 6.20. The zero-order valence-electron chi connectivity index (χ0n) is 14.7. The minimum Gasteiger partial charge on any atom is -0.304 e. The second-order valence-electron chi connectivity index (χ2n) is 7.02. The second-order valence-corrected chi connectivity index (χ2v) is 7.02. The minimum absolute atomic E-state index is 0.206. The lowest BCUT2D eigenvalue weighted by atomic mass is 9.96. The molecular formula is C19H26N4O. The molecule has 0 saturated heterocycles. The highest BCUT2D eigenvalue weighted by Crippen LogP contribution is 2.29. The smallest absolute Gasteiger partial charge is 0.275 e. The number of carbonyl (C=O) groups excluding carboxylic acids is 1. The number of amides is 1. The number of hydrogen-bond acceptors (Lipinski definition) is 3. The van der Waals surface area contributed by atoms with Crippen LogP contribution in [0.4, 0.5) is 5.82 Å². The van der Waals surface area contributed by atoms with E-state index in [4.69, 9.17) is 0 Å². The van der Waals surface area contributed by atoms with Crippen LogP contribution in [0.25, 0.3) is 0 Å². The lowest BCUT2D eigenvalue weighted by Gasteiger charge is -2.21. The number of rotatable bonds is 4. The number of aromatic nitrogens is 3. The van der Waals surface area contributed by atoms with Crippen LogP contribution in [0.5, 0.6) is 0 Å². The SMILES string of the molecule is Cc1cn(C2CCCCC2)nc1NC(=O)c1ccc(C(C)C)cn1. The highest BCUT2D eigenvalue weighted by atomic mass is 16.2. The van der Waals surface area contributed by atoms with Gasteiger partial charge in [-0.15, -0.1) is 0 Å². The predicted octanol–water partition coefficient (Wildman–Crippen LogP) is 4.47. The molecule has 0 aliphatic heterocycles. The van der Waals surface area contributed by atoms with Crippen molar-refractivity contribution in [3.63, 3.8) is 0 Å². The van der Waals surface area contributed by atoms with Gasteiger partial charge in [-0.25, -0.2) is 0 Å². The lowest BCUT2D eigenvalue weighted by molar-refractivity contribution is 0.102. The van der Waals surface area contributed by atoms with Crippen molar-refractivity contribution >= 4 is 11.7 Å². The molecule has 128 valence electrons. The quantitative estimate of drug-likeness (QED) is 0.902. The van der Waals surface area contributed by atoms with E-state index >= 15 is 0 Å². The van der Waals surface area contributed by atoms with Gasteiger partial charge in [0.1, 0.15) is 5.69 Å². The van der Waals surface area contributed by atoms with Crippen LogP contribution >= 0.6 is 0 Å². The van der Waals surface area contributed by atoms with E-state index in [1.807, 2.05) is 23.9 Å². The van der Waals surface area contributed by atoms with E-state index in [9.17, 15) is 4.79 Å². The van der Waals surface area contributed by atoms with E-state index in [0.717, 1.165) is 11.1 Å². The molecule has 1 saturated carbocycles. The third-order valence-electron chi connectivity index (χ3n) is 4.78. The van der Waals surface area contributed by atoms with Gasteiger partial charge in [-0.3, -0.25) is 14.5 Å². The first kappa shape index (κ1) is 16.7. The second kappa shape index (κ2) is 7.16. The van der Waals surface area contributed by atoms with Crippen molar-refractivity contribution in [1.29, 1.82) is 0 Å². The highest BCUT2D eigenvalue weighted by Gasteiger charge is 2.19. The van der Waals surface area contributed by atoms with Crippen molar-refractivity contribution in [3.8, 4) is 0 Å². The standard InChI is InChI=1S/C19H26N4O/c1-13(2)15-9-10-17(20-11-15)19(24)21-18-14(3)12-23(22-18)16-7-5-4-6-8-16/h9-13,16H,4-8H2,1-3H3,(H,21,22,24). The van der Waals surface area contributed by atoms with Gasteiger partial charge in [-0.2, -0.15) is 5.10 Å². The summed E-state index contributed by atoms with van der Waals surface area (Å²) in [5, 5.41) is 7.50. The fourth-order valence-corrected chi connectivity index (χ4v) is 3.19. The molecule has 0 unspecified atom stereocenters. The largest absolute Gasteiger partial charge is 0.304 e. The molecule has 2 heterocycles. The number of aryl methyl sites for hydroxylation is 1. The molecule has 5 heteroatoms. The maximum atomic E-state index is 12.4. The van der Waals surface area contributed by atoms with E-state index in [0.29, 0.717) is 23.5 Å². The van der Waals surface area contributed by atoms with E-state index < -0.39 is 0 Å². The Balaban J connectivity index is 1.70. The van der Waals surface area contributed by atoms with Gasteiger partial charge in [0.2, 0.25) is 0 Å². The number of pyridine rings is 1. The number of nitrogens with one attached hydrogen (secondary N) is 1. The van der Waals surface area contributed by atoms with Crippen molar-refractivity contribution in [2.24, 2.45) is 0 Å². The summed E-state index contributed by atoms with van der Waals surface area (Å²) in [6, 6.07) is 4.20. The van der Waals surface area contributed by atoms with E-state index in [2.05, 4.69) is 29.2 Å². The van der Waals surface area contributed by atoms with Gasteiger partial charge in [0, 0.05) is 18.0 Å². The Morgan fingerprint density at radius 3 is 2.62 bits per heavy atom. The van der Waals surface area contributed by atoms with Crippen molar-refractivity contribution in [2.45, 2.75) is 64.8 Å². The molecule has 0 spiro atoms. The highest BCUT2D eigenvalue weighted by molar-refractivity contribution is 6.02. The summed E-state index contributed by atoms with van der Waals surface area (Å²) in [4.78, 5) is 16.7. The third kappa shape index (κ3) is 3.66. The molecule has 5 nitrogen and oxygen atoms in total. The van der Waals surface area contributed by atoms with Crippen LogP contribution in [0.2, 0.25) is 0 Å². The van der Waals surface area contributed by atoms with Gasteiger partial charge >= 0.3 is 0 Å². The van der Waals surface area contributed by atoms with Crippen LogP contribution in [-0.4, -0.2) is 20.7 Å². The minimum atomic E-state index is -0.206. The summed E-state index contributed by atoms with van der Waals surface area (Å²) in [5.41, 5.74) is 2.54. The normalized spacial score (nSPS) is 15.7. The monoisotopic (exact) mass is 326 g/mol. The van der Waals surface area contributed by atoms with Crippen molar-refractivity contribution in [3.05, 3.63) is 41.3 Å². The van der Waals surface area contributed by atoms with Crippen LogP contribution in [0.15, 0.2) is 24.5 Å². The Hall–Kier alpha value is -2.17. The van der Waals surface area contributed by atoms with Crippen LogP contribution in [0.1, 0.15) is 79.5 Å². The van der Waals surface area contributed by atoms with Gasteiger partial charge < -0.3 is 5.32 Å². The van der Waals surface area contributed by atoms with Gasteiger partial charge in [0.05, 0.1) is 6.04 Å². The summed E-state index contributed by atoms with van der Waals surface area (Å²) >= 11 is 0. The molecule has 2 aromatic rings. The van der Waals surface area contributed by atoms with Crippen LogP contribution < -0.4 is 5.32 Å². The van der Waals surface area contributed by atoms with Gasteiger partial charge in [0.15, 0.2) is 5.82 Å². The van der Waals surface area contributed by atoms with Gasteiger partial charge in [0.25, 0.3) is 5.91 Å². The molecule has 24 heavy (non-hydrogen) atoms. The number of anilines is 1. The predicted molar refractivity (Wildman–Crippen MR) is 95.4 cm³/mol. The molecule has 3 rings (SSSR count). The molecule has 0 aromatic carbocycles. The first-order valence-corrected chi connectivity index (χ1v) is 8.87. The third-order valence-corrected chi connectivity index (χ3v) is 4.78. The topological polar surface area (TPSA) is 59.8 Å². The van der Waals surface area contributed by atoms with Crippen LogP contribution in [0, 0.1) is 6.92 Å². The first-order chi connectivity index (χ1) is 11.5. The zero-order chi connectivity index (χ0) is 17.1. The van der Waals surface area contributed by atoms with Crippen molar-refractivity contribution < 1.29 is 4.79 Å². The molecular weight excluding hydrogens is 300 g/mol. The lowest BCUT2D eigenvalue weighted by Crippen LogP contribution is -2.16. The maximum absolute atomic E-state index is 12.4. The fourth-order valence-electron chi connectivity index (χ4n) is 3.19. The molecule has 1 N–H and O–H groups in total. The zero-order valence-corrected chi connectivity index (χ0v) is 14.7. The van der Waals surface area contributed by atoms with E-state index in [1.165, 1.54) is 32.1 Å². The summed E-state index contributed by atoms with van der Waals surface area (Å²) in [7, 11) is 0. The molecule has 1 fully saturated rings. The average molecular weight is 326 g/mol. The molecule has 2 aromatic heterocycles. The summed E-state index contributed by atoms with van der Waals surface area (Å²) < 4.78 is 2.03. The Kier molecular flexibility index (Phi) is 4.97. The summed E-state index contributed by atoms with van der Waals surface area (Å²) in [5.74, 6) is 0.839.